The number of carbonyl (C=O) groups excluding carboxylic acids is 1. The molecule has 0 aliphatic carbocycles. The third kappa shape index (κ3) is 4.56. The molecule has 4 nitrogen and oxygen atoms in total. The summed E-state index contributed by atoms with van der Waals surface area (Å²) in [7, 11) is 1.78. The summed E-state index contributed by atoms with van der Waals surface area (Å²) < 4.78 is 5.75. The largest absolute Gasteiger partial charge is 0.488 e. The minimum absolute atomic E-state index is 0.0229. The Balaban J connectivity index is 2.02. The highest BCUT2D eigenvalue weighted by Gasteiger charge is 2.15. The molecule has 1 aromatic heterocycles. The third-order valence-electron chi connectivity index (χ3n) is 2.75. The number of benzene rings is 1. The third-order valence-corrected chi connectivity index (χ3v) is 3.39. The van der Waals surface area contributed by atoms with Crippen LogP contribution in [0.2, 0.25) is 0 Å². The second-order valence-electron chi connectivity index (χ2n) is 5.88. The molecule has 0 saturated heterocycles. The molecule has 21 heavy (non-hydrogen) atoms. The summed E-state index contributed by atoms with van der Waals surface area (Å²) in [6.07, 6.45) is 0. The normalized spacial score (nSPS) is 11.2. The summed E-state index contributed by atoms with van der Waals surface area (Å²) in [6.45, 7) is 6.50. The van der Waals surface area contributed by atoms with Gasteiger partial charge in [0, 0.05) is 18.0 Å². The van der Waals surface area contributed by atoms with Crippen LogP contribution >= 0.6 is 11.3 Å². The zero-order valence-corrected chi connectivity index (χ0v) is 13.6. The Morgan fingerprint density at radius 1 is 1.29 bits per heavy atom. The lowest BCUT2D eigenvalue weighted by atomic mass is 10.1. The van der Waals surface area contributed by atoms with Crippen molar-refractivity contribution in [1.29, 1.82) is 0 Å². The Kier molecular flexibility index (Phi) is 4.63. The summed E-state index contributed by atoms with van der Waals surface area (Å²) in [6, 6.07) is 7.24. The van der Waals surface area contributed by atoms with Crippen molar-refractivity contribution < 1.29 is 9.53 Å². The quantitative estimate of drug-likeness (QED) is 0.867. The van der Waals surface area contributed by atoms with Gasteiger partial charge in [0.25, 0.3) is 5.91 Å². The van der Waals surface area contributed by atoms with Crippen LogP contribution in [0.3, 0.4) is 0 Å². The van der Waals surface area contributed by atoms with Crippen LogP contribution < -0.4 is 4.74 Å². The van der Waals surface area contributed by atoms with Crippen molar-refractivity contribution in [2.45, 2.75) is 32.9 Å². The molecular formula is C16H20N2O2S. The number of carbonyl (C=O) groups is 1. The summed E-state index contributed by atoms with van der Waals surface area (Å²) in [5, 5.41) is 1.95. The second-order valence-corrected chi connectivity index (χ2v) is 6.60. The van der Waals surface area contributed by atoms with Crippen molar-refractivity contribution in [1.82, 2.24) is 9.88 Å². The van der Waals surface area contributed by atoms with Gasteiger partial charge in [-0.3, -0.25) is 4.79 Å². The fourth-order valence-corrected chi connectivity index (χ4v) is 2.42. The van der Waals surface area contributed by atoms with E-state index in [0.717, 1.165) is 11.4 Å². The van der Waals surface area contributed by atoms with Gasteiger partial charge in [0.1, 0.15) is 11.4 Å². The molecule has 2 aromatic rings. The first-order valence-electron chi connectivity index (χ1n) is 6.77. The highest BCUT2D eigenvalue weighted by atomic mass is 32.1. The minimum Gasteiger partial charge on any atom is -0.488 e. The predicted octanol–water partition coefficient (Wildman–Crippen LogP) is 3.59. The Morgan fingerprint density at radius 3 is 2.48 bits per heavy atom. The molecule has 0 unspecified atom stereocenters. The summed E-state index contributed by atoms with van der Waals surface area (Å²) in [4.78, 5) is 18.2. The smallest absolute Gasteiger partial charge is 0.253 e. The molecule has 1 aromatic carbocycles. The van der Waals surface area contributed by atoms with Crippen LogP contribution in [0.1, 0.15) is 36.8 Å². The van der Waals surface area contributed by atoms with Crippen molar-refractivity contribution in [3.05, 3.63) is 46.4 Å². The van der Waals surface area contributed by atoms with E-state index in [9.17, 15) is 4.79 Å². The maximum absolute atomic E-state index is 12.3. The minimum atomic E-state index is -0.243. The molecule has 2 rings (SSSR count). The van der Waals surface area contributed by atoms with Crippen LogP contribution in [0, 0.1) is 0 Å². The van der Waals surface area contributed by atoms with Crippen LogP contribution in [0.15, 0.2) is 35.2 Å². The van der Waals surface area contributed by atoms with Gasteiger partial charge in [0.05, 0.1) is 17.7 Å². The number of aromatic nitrogens is 1. The number of hydrogen-bond acceptors (Lipinski definition) is 4. The van der Waals surface area contributed by atoms with Crippen LogP contribution in [0.5, 0.6) is 5.75 Å². The molecule has 0 N–H and O–H groups in total. The lowest BCUT2D eigenvalue weighted by Crippen LogP contribution is -2.26. The lowest BCUT2D eigenvalue weighted by molar-refractivity contribution is 0.0783. The number of thiazole rings is 1. The van der Waals surface area contributed by atoms with E-state index in [1.807, 2.05) is 38.3 Å². The fraction of sp³-hybridized carbons (Fsp3) is 0.375. The molecule has 0 aliphatic rings. The van der Waals surface area contributed by atoms with Crippen molar-refractivity contribution in [2.24, 2.45) is 0 Å². The van der Waals surface area contributed by atoms with Crippen LogP contribution in [-0.2, 0) is 6.54 Å². The van der Waals surface area contributed by atoms with Gasteiger partial charge in [-0.15, -0.1) is 11.3 Å². The molecule has 112 valence electrons. The van der Waals surface area contributed by atoms with Gasteiger partial charge in [-0.2, -0.15) is 0 Å². The first kappa shape index (κ1) is 15.5. The van der Waals surface area contributed by atoms with E-state index in [0.29, 0.717) is 12.1 Å². The van der Waals surface area contributed by atoms with Crippen molar-refractivity contribution in [2.75, 3.05) is 7.05 Å². The van der Waals surface area contributed by atoms with Crippen LogP contribution in [0.4, 0.5) is 0 Å². The molecule has 0 bridgehead atoms. The molecule has 0 saturated carbocycles. The Morgan fingerprint density at radius 2 is 1.95 bits per heavy atom. The molecule has 0 atom stereocenters. The van der Waals surface area contributed by atoms with Gasteiger partial charge in [0.2, 0.25) is 0 Å². The van der Waals surface area contributed by atoms with Crippen molar-refractivity contribution in [3.8, 4) is 5.75 Å². The van der Waals surface area contributed by atoms with Gasteiger partial charge in [0.15, 0.2) is 0 Å². The van der Waals surface area contributed by atoms with Gasteiger partial charge in [-0.25, -0.2) is 4.98 Å². The molecule has 5 heteroatoms. The van der Waals surface area contributed by atoms with E-state index in [4.69, 9.17) is 4.74 Å². The lowest BCUT2D eigenvalue weighted by Gasteiger charge is -2.21. The first-order valence-corrected chi connectivity index (χ1v) is 7.71. The molecular weight excluding hydrogens is 284 g/mol. The predicted molar refractivity (Wildman–Crippen MR) is 84.7 cm³/mol. The van der Waals surface area contributed by atoms with E-state index in [-0.39, 0.29) is 11.5 Å². The maximum Gasteiger partial charge on any atom is 0.253 e. The van der Waals surface area contributed by atoms with E-state index in [1.54, 1.807) is 29.6 Å². The highest BCUT2D eigenvalue weighted by molar-refractivity contribution is 7.07. The number of amides is 1. The number of ether oxygens (including phenoxy) is 1. The molecule has 0 aliphatic heterocycles. The molecule has 0 spiro atoms. The standard InChI is InChI=1S/C16H20N2O2S/c1-16(2,3)20-14-7-5-12(6-8-14)15(19)18(4)9-13-10-21-11-17-13/h5-8,10-11H,9H2,1-4H3. The van der Waals surface area contributed by atoms with Crippen molar-refractivity contribution >= 4 is 17.2 Å². The fourth-order valence-electron chi connectivity index (χ4n) is 1.87. The number of nitrogens with zero attached hydrogens (tertiary/aromatic N) is 2. The summed E-state index contributed by atoms with van der Waals surface area (Å²) >= 11 is 1.53. The zero-order valence-electron chi connectivity index (χ0n) is 12.8. The Hall–Kier alpha value is -1.88. The highest BCUT2D eigenvalue weighted by Crippen LogP contribution is 2.19. The molecule has 1 amide bonds. The van der Waals surface area contributed by atoms with Crippen molar-refractivity contribution in [3.63, 3.8) is 0 Å². The van der Waals surface area contributed by atoms with Gasteiger partial charge in [-0.05, 0) is 45.0 Å². The van der Waals surface area contributed by atoms with Crippen LogP contribution in [0.25, 0.3) is 0 Å². The topological polar surface area (TPSA) is 42.4 Å². The Bertz CT molecular complexity index is 586. The molecule has 1 heterocycles. The SMILES string of the molecule is CN(Cc1cscn1)C(=O)c1ccc(OC(C)(C)C)cc1. The number of hydrogen-bond donors (Lipinski definition) is 0. The molecule has 0 fully saturated rings. The average molecular weight is 304 g/mol. The second kappa shape index (κ2) is 6.26. The van der Waals surface area contributed by atoms with E-state index in [1.165, 1.54) is 11.3 Å². The van der Waals surface area contributed by atoms with Gasteiger partial charge >= 0.3 is 0 Å². The monoisotopic (exact) mass is 304 g/mol. The Labute approximate surface area is 129 Å². The first-order chi connectivity index (χ1) is 9.85. The maximum atomic E-state index is 12.3. The summed E-state index contributed by atoms with van der Waals surface area (Å²) in [5.41, 5.74) is 3.08. The van der Waals surface area contributed by atoms with E-state index >= 15 is 0 Å². The summed E-state index contributed by atoms with van der Waals surface area (Å²) in [5.74, 6) is 0.742. The van der Waals surface area contributed by atoms with Crippen LogP contribution in [-0.4, -0.2) is 28.4 Å². The number of rotatable bonds is 4. The van der Waals surface area contributed by atoms with E-state index < -0.39 is 0 Å². The van der Waals surface area contributed by atoms with Gasteiger partial charge in [-0.1, -0.05) is 0 Å². The average Bonchev–Trinajstić information content (AvgIpc) is 2.90. The van der Waals surface area contributed by atoms with Gasteiger partial charge < -0.3 is 9.64 Å². The van der Waals surface area contributed by atoms with E-state index in [2.05, 4.69) is 4.98 Å². The zero-order chi connectivity index (χ0) is 15.5. The molecule has 0 radical (unpaired) electrons.